The largest absolute Gasteiger partial charge is 0.416 e. The van der Waals surface area contributed by atoms with E-state index in [2.05, 4.69) is 28.6 Å². The van der Waals surface area contributed by atoms with Gasteiger partial charge in [-0.15, -0.1) is 0 Å². The van der Waals surface area contributed by atoms with Crippen LogP contribution in [0, 0.1) is 0 Å². The molecule has 0 bridgehead atoms. The zero-order valence-corrected chi connectivity index (χ0v) is 13.3. The summed E-state index contributed by atoms with van der Waals surface area (Å²) in [4.78, 5) is 8.75. The van der Waals surface area contributed by atoms with Crippen LogP contribution in [-0.2, 0) is 6.18 Å². The van der Waals surface area contributed by atoms with Crippen molar-refractivity contribution >= 4 is 16.6 Å². The number of alkyl halides is 3. The van der Waals surface area contributed by atoms with E-state index in [9.17, 15) is 13.2 Å². The summed E-state index contributed by atoms with van der Waals surface area (Å²) in [5, 5.41) is 0.776. The second-order valence-corrected chi connectivity index (χ2v) is 6.18. The lowest BCUT2D eigenvalue weighted by Gasteiger charge is -2.38. The minimum Gasteiger partial charge on any atom is -0.368 e. The summed E-state index contributed by atoms with van der Waals surface area (Å²) in [5.74, 6) is 0. The summed E-state index contributed by atoms with van der Waals surface area (Å²) in [6, 6.07) is 6.21. The third kappa shape index (κ3) is 3.27. The molecule has 0 unspecified atom stereocenters. The molecule has 1 saturated heterocycles. The highest BCUT2D eigenvalue weighted by molar-refractivity contribution is 5.92. The van der Waals surface area contributed by atoms with E-state index in [-0.39, 0.29) is 0 Å². The lowest BCUT2D eigenvalue weighted by Crippen LogP contribution is -2.48. The molecule has 0 radical (unpaired) electrons. The maximum Gasteiger partial charge on any atom is 0.416 e. The summed E-state index contributed by atoms with van der Waals surface area (Å²) in [7, 11) is 0. The van der Waals surface area contributed by atoms with Crippen LogP contribution >= 0.6 is 0 Å². The molecule has 1 aromatic heterocycles. The van der Waals surface area contributed by atoms with Crippen LogP contribution in [-0.4, -0.2) is 42.1 Å². The standard InChI is InChI=1S/C17H20F3N3/c1-12(2)22-7-9-23(10-8-22)16-5-6-21-15-11-13(17(18,19)20)3-4-14(15)16/h3-6,11-12H,7-10H2,1-2H3. The Morgan fingerprint density at radius 2 is 1.74 bits per heavy atom. The Kier molecular flexibility index (Phi) is 4.19. The molecular weight excluding hydrogens is 303 g/mol. The number of benzene rings is 1. The van der Waals surface area contributed by atoms with Gasteiger partial charge in [0.05, 0.1) is 11.1 Å². The van der Waals surface area contributed by atoms with E-state index in [1.165, 1.54) is 6.07 Å². The quantitative estimate of drug-likeness (QED) is 0.838. The third-order valence-electron chi connectivity index (χ3n) is 4.43. The SMILES string of the molecule is CC(C)N1CCN(c2ccnc3cc(C(F)(F)F)ccc23)CC1. The summed E-state index contributed by atoms with van der Waals surface area (Å²) in [5.41, 5.74) is 0.704. The molecule has 0 saturated carbocycles. The average molecular weight is 323 g/mol. The van der Waals surface area contributed by atoms with Gasteiger partial charge in [-0.05, 0) is 32.0 Å². The topological polar surface area (TPSA) is 19.4 Å². The number of halogens is 3. The molecule has 2 aromatic rings. The monoisotopic (exact) mass is 323 g/mol. The highest BCUT2D eigenvalue weighted by Crippen LogP contribution is 2.33. The van der Waals surface area contributed by atoms with Crippen LogP contribution < -0.4 is 4.90 Å². The molecule has 0 aliphatic carbocycles. The van der Waals surface area contributed by atoms with Crippen molar-refractivity contribution < 1.29 is 13.2 Å². The zero-order valence-electron chi connectivity index (χ0n) is 13.3. The fourth-order valence-corrected chi connectivity index (χ4v) is 3.06. The van der Waals surface area contributed by atoms with Gasteiger partial charge in [-0.2, -0.15) is 13.2 Å². The molecule has 124 valence electrons. The van der Waals surface area contributed by atoms with Crippen molar-refractivity contribution in [3.8, 4) is 0 Å². The molecule has 6 heteroatoms. The van der Waals surface area contributed by atoms with E-state index in [0.717, 1.165) is 49.4 Å². The van der Waals surface area contributed by atoms with Gasteiger partial charge in [0.1, 0.15) is 0 Å². The van der Waals surface area contributed by atoms with E-state index < -0.39 is 11.7 Å². The van der Waals surface area contributed by atoms with Gasteiger partial charge in [0.15, 0.2) is 0 Å². The molecule has 0 N–H and O–H groups in total. The number of rotatable bonds is 2. The number of aromatic nitrogens is 1. The number of fused-ring (bicyclic) bond motifs is 1. The molecule has 1 aliphatic heterocycles. The van der Waals surface area contributed by atoms with Crippen molar-refractivity contribution in [2.75, 3.05) is 31.1 Å². The molecule has 2 heterocycles. The number of pyridine rings is 1. The van der Waals surface area contributed by atoms with Crippen molar-refractivity contribution in [1.29, 1.82) is 0 Å². The van der Waals surface area contributed by atoms with Gasteiger partial charge < -0.3 is 4.90 Å². The molecule has 3 rings (SSSR count). The van der Waals surface area contributed by atoms with Gasteiger partial charge in [-0.3, -0.25) is 9.88 Å². The smallest absolute Gasteiger partial charge is 0.368 e. The van der Waals surface area contributed by atoms with Crippen LogP contribution in [0.2, 0.25) is 0 Å². The molecule has 0 amide bonds. The highest BCUT2D eigenvalue weighted by atomic mass is 19.4. The van der Waals surface area contributed by atoms with Crippen LogP contribution in [0.1, 0.15) is 19.4 Å². The number of nitrogens with zero attached hydrogens (tertiary/aromatic N) is 3. The maximum absolute atomic E-state index is 12.8. The Balaban J connectivity index is 1.90. The van der Waals surface area contributed by atoms with Crippen LogP contribution in [0.25, 0.3) is 10.9 Å². The Labute approximate surface area is 133 Å². The second-order valence-electron chi connectivity index (χ2n) is 6.18. The van der Waals surface area contributed by atoms with Crippen molar-refractivity contribution in [2.24, 2.45) is 0 Å². The summed E-state index contributed by atoms with van der Waals surface area (Å²) in [6.07, 6.45) is -2.75. The number of anilines is 1. The number of hydrogen-bond acceptors (Lipinski definition) is 3. The average Bonchev–Trinajstić information content (AvgIpc) is 2.53. The molecule has 23 heavy (non-hydrogen) atoms. The second kappa shape index (κ2) is 6.00. The minimum atomic E-state index is -4.34. The number of hydrogen-bond donors (Lipinski definition) is 0. The van der Waals surface area contributed by atoms with Gasteiger partial charge in [0, 0.05) is 49.5 Å². The minimum absolute atomic E-state index is 0.392. The molecule has 3 nitrogen and oxygen atoms in total. The first-order chi connectivity index (χ1) is 10.9. The summed E-state index contributed by atoms with van der Waals surface area (Å²) < 4.78 is 38.5. The maximum atomic E-state index is 12.8. The van der Waals surface area contributed by atoms with Crippen molar-refractivity contribution in [2.45, 2.75) is 26.1 Å². The summed E-state index contributed by atoms with van der Waals surface area (Å²) in [6.45, 7) is 8.02. The molecule has 0 atom stereocenters. The Hall–Kier alpha value is -1.82. The van der Waals surface area contributed by atoms with Crippen molar-refractivity contribution in [3.63, 3.8) is 0 Å². The fraction of sp³-hybridized carbons (Fsp3) is 0.471. The summed E-state index contributed by atoms with van der Waals surface area (Å²) >= 11 is 0. The third-order valence-corrected chi connectivity index (χ3v) is 4.43. The van der Waals surface area contributed by atoms with E-state index in [4.69, 9.17) is 0 Å². The van der Waals surface area contributed by atoms with E-state index in [1.807, 2.05) is 6.07 Å². The molecule has 0 spiro atoms. The van der Waals surface area contributed by atoms with Crippen molar-refractivity contribution in [1.82, 2.24) is 9.88 Å². The lowest BCUT2D eigenvalue weighted by molar-refractivity contribution is -0.137. The van der Waals surface area contributed by atoms with Crippen LogP contribution in [0.5, 0.6) is 0 Å². The van der Waals surface area contributed by atoms with Gasteiger partial charge in [-0.25, -0.2) is 0 Å². The first kappa shape index (κ1) is 16.1. The Bertz CT molecular complexity index is 689. The zero-order chi connectivity index (χ0) is 16.6. The highest BCUT2D eigenvalue weighted by Gasteiger charge is 2.31. The molecule has 1 fully saturated rings. The van der Waals surface area contributed by atoms with Crippen LogP contribution in [0.4, 0.5) is 18.9 Å². The predicted molar refractivity (Wildman–Crippen MR) is 85.7 cm³/mol. The molecule has 1 aromatic carbocycles. The molecule has 1 aliphatic rings. The van der Waals surface area contributed by atoms with E-state index in [1.54, 1.807) is 6.20 Å². The van der Waals surface area contributed by atoms with Gasteiger partial charge in [0.25, 0.3) is 0 Å². The fourth-order valence-electron chi connectivity index (χ4n) is 3.06. The normalized spacial score (nSPS) is 17.2. The lowest BCUT2D eigenvalue weighted by atomic mass is 10.1. The van der Waals surface area contributed by atoms with E-state index >= 15 is 0 Å². The first-order valence-electron chi connectivity index (χ1n) is 7.81. The first-order valence-corrected chi connectivity index (χ1v) is 7.81. The Morgan fingerprint density at radius 1 is 1.04 bits per heavy atom. The molecular formula is C17H20F3N3. The predicted octanol–water partition coefficient (Wildman–Crippen LogP) is 3.78. The van der Waals surface area contributed by atoms with Gasteiger partial charge >= 0.3 is 6.18 Å². The van der Waals surface area contributed by atoms with Gasteiger partial charge in [-0.1, -0.05) is 6.07 Å². The number of piperazine rings is 1. The van der Waals surface area contributed by atoms with Crippen LogP contribution in [0.3, 0.4) is 0 Å². The van der Waals surface area contributed by atoms with Crippen LogP contribution in [0.15, 0.2) is 30.5 Å². The van der Waals surface area contributed by atoms with E-state index in [0.29, 0.717) is 11.6 Å². The Morgan fingerprint density at radius 3 is 2.35 bits per heavy atom. The van der Waals surface area contributed by atoms with Gasteiger partial charge in [0.2, 0.25) is 0 Å². The van der Waals surface area contributed by atoms with Crippen molar-refractivity contribution in [3.05, 3.63) is 36.0 Å².